The number of imidazole rings is 1. The molecule has 0 N–H and O–H groups in total. The summed E-state index contributed by atoms with van der Waals surface area (Å²) in [4.78, 5) is 5.17. The number of halogens is 3. The van der Waals surface area contributed by atoms with Crippen molar-refractivity contribution in [3.63, 3.8) is 0 Å². The lowest BCUT2D eigenvalue weighted by Gasteiger charge is -2.27. The second-order valence-corrected chi connectivity index (χ2v) is 8.10. The third-order valence-electron chi connectivity index (χ3n) is 4.77. The number of nitrogens with zero attached hydrogens (tertiary/aromatic N) is 2. The maximum atomic E-state index is 13.0. The van der Waals surface area contributed by atoms with E-state index in [2.05, 4.69) is 4.98 Å². The van der Waals surface area contributed by atoms with Crippen LogP contribution in [-0.4, -0.2) is 20.7 Å². The van der Waals surface area contributed by atoms with Crippen molar-refractivity contribution < 1.29 is 18.1 Å². The van der Waals surface area contributed by atoms with Crippen LogP contribution >= 0.6 is 11.6 Å². The Labute approximate surface area is 149 Å². The van der Waals surface area contributed by atoms with Gasteiger partial charge in [-0.2, -0.15) is 8.78 Å². The fraction of sp³-hybridized carbons (Fsp3) is 0.235. The van der Waals surface area contributed by atoms with Gasteiger partial charge in [0.15, 0.2) is 16.0 Å². The molecule has 0 unspecified atom stereocenters. The van der Waals surface area contributed by atoms with Gasteiger partial charge < -0.3 is 13.9 Å². The highest BCUT2D eigenvalue weighted by molar-refractivity contribution is 7.91. The highest BCUT2D eigenvalue weighted by atomic mass is 35.5. The molecule has 3 aromatic rings. The van der Waals surface area contributed by atoms with Crippen LogP contribution in [0.4, 0.5) is 8.78 Å². The number of hydrogen-bond donors (Lipinski definition) is 0. The molecule has 2 bridgehead atoms. The van der Waals surface area contributed by atoms with E-state index in [0.717, 1.165) is 11.0 Å². The van der Waals surface area contributed by atoms with E-state index >= 15 is 0 Å². The first-order valence-corrected chi connectivity index (χ1v) is 9.29. The minimum atomic E-state index is -2.94. The Kier molecular flexibility index (Phi) is 3.29. The highest BCUT2D eigenvalue weighted by Crippen LogP contribution is 2.55. The van der Waals surface area contributed by atoms with Crippen molar-refractivity contribution in [2.24, 2.45) is 0 Å². The average Bonchev–Trinajstić information content (AvgIpc) is 3.08. The Balaban J connectivity index is 1.78. The summed E-state index contributed by atoms with van der Waals surface area (Å²) in [7, 11) is 0. The van der Waals surface area contributed by atoms with Crippen LogP contribution in [-0.2, 0) is 11.2 Å². The summed E-state index contributed by atoms with van der Waals surface area (Å²) in [5.74, 6) is 0.779. The van der Waals surface area contributed by atoms with Gasteiger partial charge in [0.2, 0.25) is 0 Å². The first-order chi connectivity index (χ1) is 12.0. The van der Waals surface area contributed by atoms with Crippen molar-refractivity contribution in [1.29, 1.82) is 0 Å². The molecule has 25 heavy (non-hydrogen) atoms. The molecule has 8 heteroatoms. The summed E-state index contributed by atoms with van der Waals surface area (Å²) in [6.45, 7) is -2.94. The van der Waals surface area contributed by atoms with Crippen molar-refractivity contribution in [1.82, 2.24) is 9.55 Å². The van der Waals surface area contributed by atoms with Gasteiger partial charge in [0.25, 0.3) is 0 Å². The molecule has 3 heterocycles. The van der Waals surface area contributed by atoms with Crippen LogP contribution in [0.1, 0.15) is 29.1 Å². The van der Waals surface area contributed by atoms with Crippen LogP contribution in [0.15, 0.2) is 41.3 Å². The lowest BCUT2D eigenvalue weighted by atomic mass is 10.0. The molecule has 0 saturated carbocycles. The standard InChI is InChI=1S/C17H11ClF2N2O2S/c18-8-4-5-9-10(6-8)22-11-7-14(16(22)21-9)25(23)13-3-1-2-12(15(11)13)24-17(19)20/h1-6,11,14,17H,7H2/t11-,14+,25+/m0/s1. The average molecular weight is 381 g/mol. The molecule has 2 aliphatic heterocycles. The number of fused-ring (bicyclic) bond motifs is 9. The van der Waals surface area contributed by atoms with Crippen molar-refractivity contribution >= 4 is 33.8 Å². The molecule has 5 rings (SSSR count). The smallest absolute Gasteiger partial charge is 0.387 e. The number of alkyl halides is 2. The molecule has 128 valence electrons. The zero-order valence-corrected chi connectivity index (χ0v) is 14.2. The fourth-order valence-corrected chi connectivity index (χ4v) is 5.72. The van der Waals surface area contributed by atoms with Gasteiger partial charge in [0.1, 0.15) is 5.75 Å². The van der Waals surface area contributed by atoms with E-state index in [0.29, 0.717) is 27.7 Å². The predicted molar refractivity (Wildman–Crippen MR) is 89.7 cm³/mol. The summed E-state index contributed by atoms with van der Waals surface area (Å²) < 4.78 is 45.4. The Hall–Kier alpha value is -1.83. The van der Waals surface area contributed by atoms with Crippen LogP contribution in [0.3, 0.4) is 0 Å². The normalized spacial score (nSPS) is 23.8. The molecule has 0 fully saturated rings. The lowest BCUT2D eigenvalue weighted by molar-refractivity contribution is -0.0509. The van der Waals surface area contributed by atoms with E-state index < -0.39 is 17.8 Å². The SMILES string of the molecule is [O-][S@+]1c2cccc(OC(F)F)c2[C@@H]2C[C@@H]1c1nc3ccc(Cl)cc3n12. The van der Waals surface area contributed by atoms with Gasteiger partial charge in [0, 0.05) is 11.4 Å². The summed E-state index contributed by atoms with van der Waals surface area (Å²) in [5, 5.41) is 0.306. The fourth-order valence-electron chi connectivity index (χ4n) is 3.86. The third kappa shape index (κ3) is 2.12. The van der Waals surface area contributed by atoms with Gasteiger partial charge in [-0.15, -0.1) is 0 Å². The number of rotatable bonds is 2. The summed E-state index contributed by atoms with van der Waals surface area (Å²) in [5.41, 5.74) is 2.11. The topological polar surface area (TPSA) is 50.1 Å². The number of ether oxygens (including phenoxy) is 1. The monoisotopic (exact) mass is 380 g/mol. The molecular formula is C17H11ClF2N2O2S. The van der Waals surface area contributed by atoms with Crippen LogP contribution in [0, 0.1) is 0 Å². The molecular weight excluding hydrogens is 370 g/mol. The van der Waals surface area contributed by atoms with Crippen LogP contribution < -0.4 is 4.74 Å². The molecule has 2 aromatic carbocycles. The summed E-state index contributed by atoms with van der Waals surface area (Å²) >= 11 is 4.75. The summed E-state index contributed by atoms with van der Waals surface area (Å²) in [6.07, 6.45) is 0.550. The minimum absolute atomic E-state index is 0.0704. The minimum Gasteiger partial charge on any atom is -0.611 e. The Morgan fingerprint density at radius 1 is 1.32 bits per heavy atom. The lowest BCUT2D eigenvalue weighted by Crippen LogP contribution is -2.21. The van der Waals surface area contributed by atoms with E-state index in [1.807, 2.05) is 10.6 Å². The van der Waals surface area contributed by atoms with Crippen LogP contribution in [0.5, 0.6) is 5.75 Å². The zero-order valence-electron chi connectivity index (χ0n) is 12.7. The van der Waals surface area contributed by atoms with E-state index in [-0.39, 0.29) is 17.0 Å². The highest BCUT2D eigenvalue weighted by Gasteiger charge is 2.50. The van der Waals surface area contributed by atoms with E-state index in [9.17, 15) is 13.3 Å². The van der Waals surface area contributed by atoms with Gasteiger partial charge in [0.05, 0.1) is 22.6 Å². The van der Waals surface area contributed by atoms with Crippen LogP contribution in [0.25, 0.3) is 11.0 Å². The first kappa shape index (κ1) is 15.4. The number of hydrogen-bond acceptors (Lipinski definition) is 3. The molecule has 0 aliphatic carbocycles. The zero-order chi connectivity index (χ0) is 17.3. The Morgan fingerprint density at radius 2 is 2.16 bits per heavy atom. The second-order valence-electron chi connectivity index (χ2n) is 6.06. The largest absolute Gasteiger partial charge is 0.611 e. The van der Waals surface area contributed by atoms with Gasteiger partial charge >= 0.3 is 6.61 Å². The maximum Gasteiger partial charge on any atom is 0.387 e. The predicted octanol–water partition coefficient (Wildman–Crippen LogP) is 4.45. The van der Waals surface area contributed by atoms with Gasteiger partial charge in [-0.05, 0) is 41.5 Å². The first-order valence-electron chi connectivity index (χ1n) is 7.70. The van der Waals surface area contributed by atoms with Gasteiger partial charge in [-0.3, -0.25) is 0 Å². The molecule has 0 saturated heterocycles. The number of benzene rings is 2. The molecule has 0 radical (unpaired) electrons. The molecule has 2 aliphatic rings. The van der Waals surface area contributed by atoms with E-state index in [1.54, 1.807) is 24.3 Å². The molecule has 0 spiro atoms. The third-order valence-corrected chi connectivity index (χ3v) is 6.71. The number of aromatic nitrogens is 2. The van der Waals surface area contributed by atoms with E-state index in [1.165, 1.54) is 6.07 Å². The maximum absolute atomic E-state index is 13.0. The molecule has 4 nitrogen and oxygen atoms in total. The van der Waals surface area contributed by atoms with Crippen molar-refractivity contribution in [3.8, 4) is 5.75 Å². The van der Waals surface area contributed by atoms with Gasteiger partial charge in [-0.1, -0.05) is 17.7 Å². The molecule has 3 atom stereocenters. The van der Waals surface area contributed by atoms with Crippen LogP contribution in [0.2, 0.25) is 5.02 Å². The molecule has 0 amide bonds. The Bertz CT molecular complexity index is 1010. The Morgan fingerprint density at radius 3 is 2.96 bits per heavy atom. The van der Waals surface area contributed by atoms with Crippen molar-refractivity contribution in [3.05, 3.63) is 52.8 Å². The van der Waals surface area contributed by atoms with E-state index in [4.69, 9.17) is 16.3 Å². The quantitative estimate of drug-likeness (QED) is 0.617. The van der Waals surface area contributed by atoms with Gasteiger partial charge in [-0.25, -0.2) is 4.98 Å². The summed E-state index contributed by atoms with van der Waals surface area (Å²) in [6, 6.07) is 9.91. The molecule has 1 aromatic heterocycles. The van der Waals surface area contributed by atoms with Crippen molar-refractivity contribution in [2.75, 3.05) is 0 Å². The second kappa shape index (κ2) is 5.33. The van der Waals surface area contributed by atoms with Crippen molar-refractivity contribution in [2.45, 2.75) is 29.2 Å².